The van der Waals surface area contributed by atoms with Crippen LogP contribution >= 0.6 is 11.8 Å². The van der Waals surface area contributed by atoms with Crippen molar-refractivity contribution >= 4 is 23.4 Å². The maximum absolute atomic E-state index is 12.6. The zero-order chi connectivity index (χ0) is 15.7. The summed E-state index contributed by atoms with van der Waals surface area (Å²) in [6, 6.07) is 7.78. The summed E-state index contributed by atoms with van der Waals surface area (Å²) in [7, 11) is 0. The van der Waals surface area contributed by atoms with Crippen molar-refractivity contribution in [3.8, 4) is 0 Å². The predicted molar refractivity (Wildman–Crippen MR) is 87.6 cm³/mol. The van der Waals surface area contributed by atoms with Gasteiger partial charge >= 0.3 is 0 Å². The van der Waals surface area contributed by atoms with Gasteiger partial charge in [-0.1, -0.05) is 19.9 Å². The first-order valence-electron chi connectivity index (χ1n) is 7.21. The molecule has 1 fully saturated rings. The Kier molecular flexibility index (Phi) is 4.66. The number of carbonyl (C=O) groups is 1. The molecular formula is C16H24N2O2S. The number of hydrogen-bond acceptors (Lipinski definition) is 4. The minimum absolute atomic E-state index is 0.0378. The van der Waals surface area contributed by atoms with Gasteiger partial charge in [0.15, 0.2) is 0 Å². The van der Waals surface area contributed by atoms with Crippen molar-refractivity contribution in [2.45, 2.75) is 43.7 Å². The maximum atomic E-state index is 12.6. The molecule has 5 heteroatoms. The Balaban J connectivity index is 2.10. The van der Waals surface area contributed by atoms with E-state index in [-0.39, 0.29) is 17.4 Å². The molecule has 2 unspecified atom stereocenters. The normalized spacial score (nSPS) is 27.0. The molecule has 0 heterocycles. The summed E-state index contributed by atoms with van der Waals surface area (Å²) in [5.41, 5.74) is 5.89. The highest BCUT2D eigenvalue weighted by Gasteiger charge is 2.62. The van der Waals surface area contributed by atoms with Gasteiger partial charge in [-0.3, -0.25) is 4.79 Å². The zero-order valence-corrected chi connectivity index (χ0v) is 13.9. The van der Waals surface area contributed by atoms with Crippen molar-refractivity contribution in [2.75, 3.05) is 18.2 Å². The third-order valence-electron chi connectivity index (χ3n) is 4.56. The molecule has 1 aromatic carbocycles. The minimum Gasteiger partial charge on any atom is -0.378 e. The van der Waals surface area contributed by atoms with Crippen LogP contribution in [-0.2, 0) is 9.53 Å². The highest BCUT2D eigenvalue weighted by molar-refractivity contribution is 7.98. The fourth-order valence-corrected chi connectivity index (χ4v) is 3.22. The number of rotatable bonds is 5. The Morgan fingerprint density at radius 2 is 2.24 bits per heavy atom. The summed E-state index contributed by atoms with van der Waals surface area (Å²) in [6.07, 6.45) is 2.60. The van der Waals surface area contributed by atoms with E-state index in [4.69, 9.17) is 10.5 Å². The molecule has 1 aliphatic carbocycles. The molecule has 0 aliphatic heterocycles. The van der Waals surface area contributed by atoms with E-state index in [9.17, 15) is 4.79 Å². The average molecular weight is 308 g/mol. The third kappa shape index (κ3) is 2.82. The highest BCUT2D eigenvalue weighted by atomic mass is 32.2. The van der Waals surface area contributed by atoms with E-state index in [2.05, 4.69) is 5.32 Å². The van der Waals surface area contributed by atoms with Crippen LogP contribution in [0.3, 0.4) is 0 Å². The molecule has 21 heavy (non-hydrogen) atoms. The van der Waals surface area contributed by atoms with Crippen LogP contribution < -0.4 is 11.1 Å². The van der Waals surface area contributed by atoms with E-state index in [1.165, 1.54) is 0 Å². The number of anilines is 1. The molecule has 2 atom stereocenters. The fourth-order valence-electron chi connectivity index (χ4n) is 2.76. The van der Waals surface area contributed by atoms with Crippen LogP contribution in [0.2, 0.25) is 0 Å². The Hall–Kier alpha value is -1.04. The molecule has 3 N–H and O–H groups in total. The van der Waals surface area contributed by atoms with E-state index < -0.39 is 5.54 Å². The van der Waals surface area contributed by atoms with Crippen molar-refractivity contribution in [1.82, 2.24) is 0 Å². The first-order valence-corrected chi connectivity index (χ1v) is 8.43. The van der Waals surface area contributed by atoms with Crippen LogP contribution in [0.15, 0.2) is 29.2 Å². The number of nitrogens with two attached hydrogens (primary N) is 1. The van der Waals surface area contributed by atoms with Gasteiger partial charge in [-0.05, 0) is 31.4 Å². The molecule has 0 spiro atoms. The van der Waals surface area contributed by atoms with Gasteiger partial charge in [-0.15, -0.1) is 11.8 Å². The van der Waals surface area contributed by atoms with Crippen LogP contribution in [0.25, 0.3) is 0 Å². The molecule has 0 radical (unpaired) electrons. The Morgan fingerprint density at radius 3 is 2.81 bits per heavy atom. The molecule has 0 saturated heterocycles. The van der Waals surface area contributed by atoms with Gasteiger partial charge in [0.1, 0.15) is 5.54 Å². The third-order valence-corrected chi connectivity index (χ3v) is 5.29. The molecule has 0 bridgehead atoms. The van der Waals surface area contributed by atoms with E-state index in [0.717, 1.165) is 10.6 Å². The first kappa shape index (κ1) is 16.3. The van der Waals surface area contributed by atoms with Crippen LogP contribution in [-0.4, -0.2) is 30.4 Å². The van der Waals surface area contributed by atoms with E-state index in [1.54, 1.807) is 11.8 Å². The average Bonchev–Trinajstić information content (AvgIpc) is 2.46. The van der Waals surface area contributed by atoms with Crippen molar-refractivity contribution < 1.29 is 9.53 Å². The molecule has 116 valence electrons. The molecule has 4 nitrogen and oxygen atoms in total. The van der Waals surface area contributed by atoms with Gasteiger partial charge in [-0.25, -0.2) is 0 Å². The first-order chi connectivity index (χ1) is 9.85. The molecule has 1 saturated carbocycles. The molecule has 2 rings (SSSR count). The standard InChI is InChI=1S/C16H24N2O2S/c1-5-20-13-10-16(17,15(13,2)3)14(19)18-11-7-6-8-12(9-11)21-4/h6-9,13H,5,10,17H2,1-4H3,(H,18,19). The lowest BCUT2D eigenvalue weighted by Gasteiger charge is -2.57. The summed E-state index contributed by atoms with van der Waals surface area (Å²) in [5, 5.41) is 2.94. The van der Waals surface area contributed by atoms with Gasteiger partial charge in [-0.2, -0.15) is 0 Å². The second-order valence-electron chi connectivity index (χ2n) is 6.03. The Labute approximate surface area is 130 Å². The summed E-state index contributed by atoms with van der Waals surface area (Å²) in [6.45, 7) is 6.59. The SMILES string of the molecule is CCOC1CC(N)(C(=O)Nc2cccc(SC)c2)C1(C)C. The second kappa shape index (κ2) is 5.99. The lowest BCUT2D eigenvalue weighted by molar-refractivity contribution is -0.166. The van der Waals surface area contributed by atoms with Crippen molar-refractivity contribution in [3.05, 3.63) is 24.3 Å². The number of carbonyl (C=O) groups excluding carboxylic acids is 1. The van der Waals surface area contributed by atoms with Crippen LogP contribution in [0.5, 0.6) is 0 Å². The number of hydrogen-bond donors (Lipinski definition) is 2. The topological polar surface area (TPSA) is 64.3 Å². The Bertz CT molecular complexity index is 533. The summed E-state index contributed by atoms with van der Waals surface area (Å²) >= 11 is 1.64. The fraction of sp³-hybridized carbons (Fsp3) is 0.562. The smallest absolute Gasteiger partial charge is 0.245 e. The number of benzene rings is 1. The molecule has 1 amide bonds. The van der Waals surface area contributed by atoms with Crippen LogP contribution in [0.4, 0.5) is 5.69 Å². The summed E-state index contributed by atoms with van der Waals surface area (Å²) in [5.74, 6) is -0.137. The minimum atomic E-state index is -0.887. The number of nitrogens with one attached hydrogen (secondary N) is 1. The largest absolute Gasteiger partial charge is 0.378 e. The quantitative estimate of drug-likeness (QED) is 0.821. The lowest BCUT2D eigenvalue weighted by atomic mass is 9.54. The number of thioether (sulfide) groups is 1. The Morgan fingerprint density at radius 1 is 1.52 bits per heavy atom. The van der Waals surface area contributed by atoms with Crippen LogP contribution in [0, 0.1) is 5.41 Å². The number of amides is 1. The van der Waals surface area contributed by atoms with E-state index >= 15 is 0 Å². The van der Waals surface area contributed by atoms with Crippen molar-refractivity contribution in [1.29, 1.82) is 0 Å². The van der Waals surface area contributed by atoms with Gasteiger partial charge < -0.3 is 15.8 Å². The van der Waals surface area contributed by atoms with Crippen molar-refractivity contribution in [2.24, 2.45) is 11.1 Å². The highest BCUT2D eigenvalue weighted by Crippen LogP contribution is 2.50. The molecule has 1 aromatic rings. The predicted octanol–water partition coefficient (Wildman–Crippen LogP) is 2.88. The molecule has 1 aliphatic rings. The lowest BCUT2D eigenvalue weighted by Crippen LogP contribution is -2.74. The van der Waals surface area contributed by atoms with Gasteiger partial charge in [0.2, 0.25) is 5.91 Å². The molecule has 0 aromatic heterocycles. The van der Waals surface area contributed by atoms with Crippen molar-refractivity contribution in [3.63, 3.8) is 0 Å². The zero-order valence-electron chi connectivity index (χ0n) is 13.1. The number of ether oxygens (including phenoxy) is 1. The van der Waals surface area contributed by atoms with Crippen LogP contribution in [0.1, 0.15) is 27.2 Å². The monoisotopic (exact) mass is 308 g/mol. The van der Waals surface area contributed by atoms with E-state index in [1.807, 2.05) is 51.3 Å². The maximum Gasteiger partial charge on any atom is 0.245 e. The van der Waals surface area contributed by atoms with E-state index in [0.29, 0.717) is 13.0 Å². The van der Waals surface area contributed by atoms with Gasteiger partial charge in [0, 0.05) is 29.0 Å². The van der Waals surface area contributed by atoms with Gasteiger partial charge in [0.25, 0.3) is 0 Å². The summed E-state index contributed by atoms with van der Waals surface area (Å²) < 4.78 is 5.66. The molecular weight excluding hydrogens is 284 g/mol. The summed E-state index contributed by atoms with van der Waals surface area (Å²) in [4.78, 5) is 13.7. The second-order valence-corrected chi connectivity index (χ2v) is 6.91. The van der Waals surface area contributed by atoms with Gasteiger partial charge in [0.05, 0.1) is 6.10 Å².